The van der Waals surface area contributed by atoms with E-state index in [1.807, 2.05) is 0 Å². The molecule has 0 unspecified atom stereocenters. The van der Waals surface area contributed by atoms with Crippen LogP contribution in [0.3, 0.4) is 0 Å². The minimum Gasteiger partial charge on any atom is -0.481 e. The Kier molecular flexibility index (Phi) is 24.3. The Morgan fingerprint density at radius 3 is 0.871 bits per heavy atom. The van der Waals surface area contributed by atoms with Gasteiger partial charge in [0.25, 0.3) is 0 Å². The molecule has 0 aliphatic carbocycles. The van der Waals surface area contributed by atoms with Crippen molar-refractivity contribution in [3.8, 4) is 0 Å². The van der Waals surface area contributed by atoms with Crippen LogP contribution in [0.15, 0.2) is 0 Å². The van der Waals surface area contributed by atoms with Crippen molar-refractivity contribution in [3.63, 3.8) is 0 Å². The van der Waals surface area contributed by atoms with Crippen molar-refractivity contribution in [3.05, 3.63) is 0 Å². The van der Waals surface area contributed by atoms with Crippen LogP contribution < -0.4 is 0 Å². The maximum atomic E-state index is 10.4. The van der Waals surface area contributed by atoms with Crippen LogP contribution in [0.1, 0.15) is 141 Å². The Balaban J connectivity index is 3.02. The number of carbonyl (C=O) groups is 2. The first-order valence-electron chi connectivity index (χ1n) is 13.1. The molecule has 184 valence electrons. The second kappa shape index (κ2) is 25.2. The summed E-state index contributed by atoms with van der Waals surface area (Å²) >= 11 is 0. The lowest BCUT2D eigenvalue weighted by Gasteiger charge is -2.05. The highest BCUT2D eigenvalue weighted by Gasteiger charge is 1.98. The highest BCUT2D eigenvalue weighted by atomic mass is 16.5. The molecule has 0 radical (unpaired) electrons. The number of hydrogen-bond acceptors (Lipinski definition) is 3. The predicted molar refractivity (Wildman–Crippen MR) is 128 cm³/mol. The Hall–Kier alpha value is -1.10. The molecule has 0 atom stereocenters. The van der Waals surface area contributed by atoms with Crippen molar-refractivity contribution in [2.45, 2.75) is 141 Å². The van der Waals surface area contributed by atoms with Crippen LogP contribution in [0.25, 0.3) is 0 Å². The first-order valence-corrected chi connectivity index (χ1v) is 13.1. The van der Waals surface area contributed by atoms with Crippen LogP contribution in [0, 0.1) is 0 Å². The molecule has 5 heteroatoms. The SMILES string of the molecule is O=C(O)CCCCCCCCCCCCOCCCCCCCCCCCCC(=O)O. The average Bonchev–Trinajstić information content (AvgIpc) is 2.73. The van der Waals surface area contributed by atoms with Gasteiger partial charge in [-0.05, 0) is 25.7 Å². The number of ether oxygens (including phenoxy) is 1. The van der Waals surface area contributed by atoms with Crippen LogP contribution in [-0.2, 0) is 14.3 Å². The molecule has 0 spiro atoms. The van der Waals surface area contributed by atoms with Gasteiger partial charge in [-0.3, -0.25) is 9.59 Å². The van der Waals surface area contributed by atoms with E-state index in [1.165, 1.54) is 103 Å². The first-order chi connectivity index (χ1) is 15.1. The van der Waals surface area contributed by atoms with Crippen LogP contribution >= 0.6 is 0 Å². The number of aliphatic carboxylic acids is 2. The Bertz CT molecular complexity index is 361. The summed E-state index contributed by atoms with van der Waals surface area (Å²) in [6.45, 7) is 1.82. The minimum absolute atomic E-state index is 0.321. The molecule has 0 aliphatic heterocycles. The molecule has 0 aliphatic rings. The molecule has 0 saturated heterocycles. The monoisotopic (exact) mass is 442 g/mol. The van der Waals surface area contributed by atoms with Crippen molar-refractivity contribution >= 4 is 11.9 Å². The number of carboxylic acid groups (broad SMARTS) is 2. The topological polar surface area (TPSA) is 83.8 Å². The van der Waals surface area contributed by atoms with Gasteiger partial charge in [-0.15, -0.1) is 0 Å². The summed E-state index contributed by atoms with van der Waals surface area (Å²) in [4.78, 5) is 20.8. The van der Waals surface area contributed by atoms with Gasteiger partial charge < -0.3 is 14.9 Å². The molecule has 0 aromatic carbocycles. The second-order valence-electron chi connectivity index (χ2n) is 8.97. The van der Waals surface area contributed by atoms with Crippen molar-refractivity contribution < 1.29 is 24.5 Å². The maximum absolute atomic E-state index is 10.4. The Morgan fingerprint density at radius 2 is 0.613 bits per heavy atom. The van der Waals surface area contributed by atoms with Gasteiger partial charge in [0.1, 0.15) is 0 Å². The summed E-state index contributed by atoms with van der Waals surface area (Å²) in [5.41, 5.74) is 0. The summed E-state index contributed by atoms with van der Waals surface area (Å²) < 4.78 is 5.75. The molecule has 0 bridgehead atoms. The van der Waals surface area contributed by atoms with Crippen molar-refractivity contribution in [1.82, 2.24) is 0 Å². The van der Waals surface area contributed by atoms with Gasteiger partial charge in [-0.25, -0.2) is 0 Å². The van der Waals surface area contributed by atoms with E-state index in [1.54, 1.807) is 0 Å². The molecule has 31 heavy (non-hydrogen) atoms. The van der Waals surface area contributed by atoms with Gasteiger partial charge in [-0.1, -0.05) is 103 Å². The smallest absolute Gasteiger partial charge is 0.303 e. The number of unbranched alkanes of at least 4 members (excludes halogenated alkanes) is 18. The molecule has 2 N–H and O–H groups in total. The van der Waals surface area contributed by atoms with E-state index in [4.69, 9.17) is 14.9 Å². The molecule has 0 rings (SSSR count). The van der Waals surface area contributed by atoms with Crippen LogP contribution in [0.2, 0.25) is 0 Å². The second-order valence-corrected chi connectivity index (χ2v) is 8.97. The zero-order chi connectivity index (χ0) is 22.8. The van der Waals surface area contributed by atoms with Gasteiger partial charge in [-0.2, -0.15) is 0 Å². The fourth-order valence-corrected chi connectivity index (χ4v) is 3.89. The third kappa shape index (κ3) is 28.9. The summed E-state index contributed by atoms with van der Waals surface area (Å²) in [5, 5.41) is 17.2. The molecule has 0 aromatic rings. The van der Waals surface area contributed by atoms with Crippen molar-refractivity contribution in [2.75, 3.05) is 13.2 Å². The fourth-order valence-electron chi connectivity index (χ4n) is 3.89. The van der Waals surface area contributed by atoms with Crippen LogP contribution in [0.5, 0.6) is 0 Å². The average molecular weight is 443 g/mol. The lowest BCUT2D eigenvalue weighted by molar-refractivity contribution is -0.138. The molecule has 0 heterocycles. The summed E-state index contributed by atoms with van der Waals surface area (Å²) in [5.74, 6) is -1.34. The molecular weight excluding hydrogens is 392 g/mol. The third-order valence-corrected chi connectivity index (χ3v) is 5.86. The summed E-state index contributed by atoms with van der Waals surface area (Å²) in [7, 11) is 0. The van der Waals surface area contributed by atoms with E-state index in [9.17, 15) is 9.59 Å². The van der Waals surface area contributed by atoms with Gasteiger partial charge in [0.05, 0.1) is 0 Å². The van der Waals surface area contributed by atoms with Crippen LogP contribution in [0.4, 0.5) is 0 Å². The number of hydrogen-bond donors (Lipinski definition) is 2. The van der Waals surface area contributed by atoms with Gasteiger partial charge in [0, 0.05) is 26.1 Å². The Labute approximate surface area is 191 Å². The molecule has 0 fully saturated rings. The van der Waals surface area contributed by atoms with Crippen LogP contribution in [-0.4, -0.2) is 35.4 Å². The first kappa shape index (κ1) is 29.9. The predicted octanol–water partition coefficient (Wildman–Crippen LogP) is 7.75. The van der Waals surface area contributed by atoms with E-state index >= 15 is 0 Å². The molecular formula is C26H50O5. The molecule has 0 saturated carbocycles. The van der Waals surface area contributed by atoms with E-state index < -0.39 is 11.9 Å². The summed E-state index contributed by atoms with van der Waals surface area (Å²) in [6.07, 6.45) is 24.6. The quantitative estimate of drug-likeness (QED) is 0.134. The third-order valence-electron chi connectivity index (χ3n) is 5.86. The van der Waals surface area contributed by atoms with Gasteiger partial charge in [0.2, 0.25) is 0 Å². The van der Waals surface area contributed by atoms with Crippen molar-refractivity contribution in [1.29, 1.82) is 0 Å². The lowest BCUT2D eigenvalue weighted by atomic mass is 10.1. The Morgan fingerprint density at radius 1 is 0.387 bits per heavy atom. The zero-order valence-corrected chi connectivity index (χ0v) is 20.1. The number of carboxylic acids is 2. The van der Waals surface area contributed by atoms with E-state index in [-0.39, 0.29) is 0 Å². The summed E-state index contributed by atoms with van der Waals surface area (Å²) in [6, 6.07) is 0. The number of rotatable bonds is 26. The van der Waals surface area contributed by atoms with E-state index in [0.29, 0.717) is 12.8 Å². The zero-order valence-electron chi connectivity index (χ0n) is 20.1. The van der Waals surface area contributed by atoms with Crippen molar-refractivity contribution in [2.24, 2.45) is 0 Å². The highest BCUT2D eigenvalue weighted by molar-refractivity contribution is 5.66. The molecule has 0 amide bonds. The van der Waals surface area contributed by atoms with E-state index in [2.05, 4.69) is 0 Å². The lowest BCUT2D eigenvalue weighted by Crippen LogP contribution is -1.97. The molecule has 0 aromatic heterocycles. The standard InChI is InChI=1S/C26H50O5/c27-25(28)21-17-13-9-5-1-3-7-11-15-19-23-31-24-20-16-12-8-4-2-6-10-14-18-22-26(29)30/h1-24H2,(H,27,28)(H,29,30). The fraction of sp³-hybridized carbons (Fsp3) is 0.923. The molecule has 5 nitrogen and oxygen atoms in total. The van der Waals surface area contributed by atoms with Gasteiger partial charge in [0.15, 0.2) is 0 Å². The normalized spacial score (nSPS) is 11.1. The van der Waals surface area contributed by atoms with Gasteiger partial charge >= 0.3 is 11.9 Å². The minimum atomic E-state index is -0.671. The maximum Gasteiger partial charge on any atom is 0.303 e. The highest BCUT2D eigenvalue weighted by Crippen LogP contribution is 2.13. The van der Waals surface area contributed by atoms with E-state index in [0.717, 1.165) is 38.9 Å². The largest absolute Gasteiger partial charge is 0.481 e.